The molecule has 0 unspecified atom stereocenters. The Kier molecular flexibility index (Phi) is 11.6. The molecule has 4 amide bonds. The van der Waals surface area contributed by atoms with E-state index in [1.54, 1.807) is 6.20 Å². The summed E-state index contributed by atoms with van der Waals surface area (Å²) in [6.45, 7) is 1.20. The molecule has 2 aliphatic carbocycles. The standard InChI is InChI=1S/C43H51N9O6/c1-57-42(55)48-35(28-9-3-4-10-28)40(53)51-23-7-13-33(51)38-44-25-32(47-38)27-18-15-26(16-19-27)17-20-30-21-22-31-37(45-30)50-39(46-31)34-14-8-24-52(34)41(54)36(49-43(56)58-2)29-11-5-6-12-29/h15-16,18-19,21-22,25,28-29,33-36H,3-14,23-24H2,1-2H3,(H,44,47)(H,48,55)(H,49,56)(H,45,46,50)/t33-,34-,35-,36-/m0/s1. The number of carbonyl (C=O) groups excluding carboxylic acids is 4. The highest BCUT2D eigenvalue weighted by Gasteiger charge is 2.42. The van der Waals surface area contributed by atoms with Crippen LogP contribution in [0.4, 0.5) is 9.59 Å². The number of rotatable bonds is 9. The summed E-state index contributed by atoms with van der Waals surface area (Å²) in [4.78, 5) is 76.9. The van der Waals surface area contributed by atoms with Gasteiger partial charge in [-0.3, -0.25) is 9.59 Å². The zero-order chi connectivity index (χ0) is 40.2. The van der Waals surface area contributed by atoms with Gasteiger partial charge in [-0.2, -0.15) is 0 Å². The number of imidazole rings is 2. The predicted octanol–water partition coefficient (Wildman–Crippen LogP) is 5.90. The molecule has 58 heavy (non-hydrogen) atoms. The first-order chi connectivity index (χ1) is 28.3. The normalized spacial score (nSPS) is 20.8. The van der Waals surface area contributed by atoms with E-state index in [9.17, 15) is 19.2 Å². The van der Waals surface area contributed by atoms with E-state index in [-0.39, 0.29) is 35.7 Å². The molecule has 4 aromatic rings. The molecule has 3 aromatic heterocycles. The van der Waals surface area contributed by atoms with Crippen molar-refractivity contribution in [3.8, 4) is 23.1 Å². The summed E-state index contributed by atoms with van der Waals surface area (Å²) in [6.07, 6.45) is 11.7. The van der Waals surface area contributed by atoms with Crippen molar-refractivity contribution in [2.75, 3.05) is 27.3 Å². The molecule has 4 aliphatic rings. The van der Waals surface area contributed by atoms with E-state index in [0.717, 1.165) is 105 Å². The molecule has 304 valence electrons. The SMILES string of the molecule is COC(=O)N[C@H](C(=O)N1CCC[C@H]1c1ncc(-c2ccc(C#Cc3ccc4[nH]c([C@@H]5CCCN5C(=O)[C@@H](NC(=O)OC)C5CCCC5)nc4n3)cc2)[nH]1)C1CCCC1. The Hall–Kier alpha value is -5.91. The summed E-state index contributed by atoms with van der Waals surface area (Å²) < 4.78 is 9.71. The van der Waals surface area contributed by atoms with Crippen LogP contribution in [0.2, 0.25) is 0 Å². The maximum Gasteiger partial charge on any atom is 0.407 e. The molecule has 0 spiro atoms. The van der Waals surface area contributed by atoms with Gasteiger partial charge in [0.05, 0.1) is 43.7 Å². The fourth-order valence-electron chi connectivity index (χ4n) is 9.36. The third-order valence-electron chi connectivity index (χ3n) is 12.4. The van der Waals surface area contributed by atoms with E-state index in [1.807, 2.05) is 46.2 Å². The largest absolute Gasteiger partial charge is 0.453 e. The first-order valence-corrected chi connectivity index (χ1v) is 20.6. The molecule has 0 radical (unpaired) electrons. The Morgan fingerprint density at radius 1 is 0.690 bits per heavy atom. The molecule has 15 heteroatoms. The van der Waals surface area contributed by atoms with Crippen LogP contribution in [-0.4, -0.2) is 98.1 Å². The molecule has 4 N–H and O–H groups in total. The Balaban J connectivity index is 0.926. The van der Waals surface area contributed by atoms with Crippen molar-refractivity contribution in [3.63, 3.8) is 0 Å². The van der Waals surface area contributed by atoms with Gasteiger partial charge < -0.3 is 39.9 Å². The van der Waals surface area contributed by atoms with Crippen LogP contribution >= 0.6 is 0 Å². The predicted molar refractivity (Wildman–Crippen MR) is 214 cm³/mol. The third-order valence-corrected chi connectivity index (χ3v) is 12.4. The second-order valence-electron chi connectivity index (χ2n) is 15.9. The number of ether oxygens (including phenoxy) is 2. The van der Waals surface area contributed by atoms with Gasteiger partial charge in [-0.1, -0.05) is 43.7 Å². The van der Waals surface area contributed by atoms with Gasteiger partial charge in [0.1, 0.15) is 29.4 Å². The summed E-state index contributed by atoms with van der Waals surface area (Å²) in [7, 11) is 2.64. The van der Waals surface area contributed by atoms with Crippen molar-refractivity contribution in [2.24, 2.45) is 11.8 Å². The van der Waals surface area contributed by atoms with E-state index in [0.29, 0.717) is 30.3 Å². The summed E-state index contributed by atoms with van der Waals surface area (Å²) in [6, 6.07) is 9.96. The van der Waals surface area contributed by atoms with Gasteiger partial charge in [-0.05, 0) is 99.0 Å². The lowest BCUT2D eigenvalue weighted by molar-refractivity contribution is -0.136. The number of nitrogens with zero attached hydrogens (tertiary/aromatic N) is 5. The number of hydrogen-bond donors (Lipinski definition) is 4. The smallest absolute Gasteiger partial charge is 0.407 e. The van der Waals surface area contributed by atoms with Crippen molar-refractivity contribution in [1.29, 1.82) is 0 Å². The lowest BCUT2D eigenvalue weighted by Crippen LogP contribution is -2.51. The Morgan fingerprint density at radius 3 is 1.83 bits per heavy atom. The number of hydrogen-bond acceptors (Lipinski definition) is 9. The van der Waals surface area contributed by atoms with Crippen molar-refractivity contribution in [1.82, 2.24) is 45.4 Å². The van der Waals surface area contributed by atoms with Crippen LogP contribution in [0.25, 0.3) is 22.4 Å². The molecule has 0 bridgehead atoms. The van der Waals surface area contributed by atoms with Gasteiger partial charge in [0.2, 0.25) is 11.8 Å². The van der Waals surface area contributed by atoms with Crippen LogP contribution < -0.4 is 10.6 Å². The minimum atomic E-state index is -0.621. The maximum absolute atomic E-state index is 13.9. The van der Waals surface area contributed by atoms with E-state index >= 15 is 0 Å². The van der Waals surface area contributed by atoms with Crippen molar-refractivity contribution < 1.29 is 28.7 Å². The van der Waals surface area contributed by atoms with Crippen LogP contribution in [0.3, 0.4) is 0 Å². The molecule has 8 rings (SSSR count). The molecular weight excluding hydrogens is 739 g/mol. The van der Waals surface area contributed by atoms with Gasteiger partial charge in [-0.15, -0.1) is 0 Å². The minimum absolute atomic E-state index is 0.0757. The number of benzene rings is 1. The third kappa shape index (κ3) is 8.23. The van der Waals surface area contributed by atoms with Crippen molar-refractivity contribution in [2.45, 2.75) is 101 Å². The van der Waals surface area contributed by atoms with Crippen LogP contribution in [0, 0.1) is 23.7 Å². The summed E-state index contributed by atoms with van der Waals surface area (Å²) in [5, 5.41) is 5.65. The van der Waals surface area contributed by atoms with Crippen LogP contribution in [0.1, 0.15) is 112 Å². The molecule has 15 nitrogen and oxygen atoms in total. The van der Waals surface area contributed by atoms with Crippen molar-refractivity contribution in [3.05, 3.63) is 65.5 Å². The average Bonchev–Trinajstić information content (AvgIpc) is 4.10. The van der Waals surface area contributed by atoms with Gasteiger partial charge in [0.15, 0.2) is 5.65 Å². The van der Waals surface area contributed by atoms with Gasteiger partial charge in [-0.25, -0.2) is 24.5 Å². The maximum atomic E-state index is 13.9. The summed E-state index contributed by atoms with van der Waals surface area (Å²) in [5.41, 5.74) is 4.46. The first-order valence-electron chi connectivity index (χ1n) is 20.6. The number of nitrogens with one attached hydrogen (secondary N) is 4. The summed E-state index contributed by atoms with van der Waals surface area (Å²) in [5.74, 6) is 7.80. The Labute approximate surface area is 337 Å². The lowest BCUT2D eigenvalue weighted by Gasteiger charge is -2.31. The number of fused-ring (bicyclic) bond motifs is 1. The number of methoxy groups -OCH3 is 2. The lowest BCUT2D eigenvalue weighted by atomic mass is 9.96. The fourth-order valence-corrected chi connectivity index (χ4v) is 9.36. The number of aromatic nitrogens is 5. The molecule has 2 saturated heterocycles. The second-order valence-corrected chi connectivity index (χ2v) is 15.9. The highest BCUT2D eigenvalue weighted by Crippen LogP contribution is 2.37. The minimum Gasteiger partial charge on any atom is -0.453 e. The Morgan fingerprint density at radius 2 is 1.26 bits per heavy atom. The van der Waals surface area contributed by atoms with Gasteiger partial charge in [0.25, 0.3) is 0 Å². The number of alkyl carbamates (subject to hydrolysis) is 2. The van der Waals surface area contributed by atoms with Crippen LogP contribution in [-0.2, 0) is 19.1 Å². The molecule has 2 saturated carbocycles. The monoisotopic (exact) mass is 789 g/mol. The molecule has 4 fully saturated rings. The zero-order valence-electron chi connectivity index (χ0n) is 33.1. The number of amides is 4. The number of aromatic amines is 2. The average molecular weight is 790 g/mol. The van der Waals surface area contributed by atoms with E-state index < -0.39 is 24.3 Å². The van der Waals surface area contributed by atoms with E-state index in [1.165, 1.54) is 14.2 Å². The number of pyridine rings is 1. The highest BCUT2D eigenvalue weighted by molar-refractivity contribution is 5.87. The second kappa shape index (κ2) is 17.3. The van der Waals surface area contributed by atoms with Crippen molar-refractivity contribution >= 4 is 35.2 Å². The molecule has 4 atom stereocenters. The van der Waals surface area contributed by atoms with Gasteiger partial charge in [0, 0.05) is 18.7 Å². The molecule has 5 heterocycles. The van der Waals surface area contributed by atoms with E-state index in [2.05, 4.69) is 32.4 Å². The number of H-pyrrole nitrogens is 2. The first kappa shape index (κ1) is 38.9. The molecule has 2 aliphatic heterocycles. The Bertz CT molecular complexity index is 2190. The van der Waals surface area contributed by atoms with Crippen LogP contribution in [0.5, 0.6) is 0 Å². The zero-order valence-corrected chi connectivity index (χ0v) is 33.1. The fraction of sp³-hybridized carbons (Fsp3) is 0.512. The van der Waals surface area contributed by atoms with Crippen LogP contribution in [0.15, 0.2) is 42.6 Å². The molecule has 1 aromatic carbocycles. The highest BCUT2D eigenvalue weighted by atomic mass is 16.5. The number of carbonyl (C=O) groups is 4. The quantitative estimate of drug-likeness (QED) is 0.150. The molecular formula is C43H51N9O6. The van der Waals surface area contributed by atoms with E-state index in [4.69, 9.17) is 24.4 Å². The number of likely N-dealkylation sites (tertiary alicyclic amines) is 2. The topological polar surface area (TPSA) is 188 Å². The summed E-state index contributed by atoms with van der Waals surface area (Å²) >= 11 is 0. The van der Waals surface area contributed by atoms with Gasteiger partial charge >= 0.3 is 12.2 Å².